The average molecular weight is 460 g/mol. The molecule has 140 valence electrons. The van der Waals surface area contributed by atoms with Crippen LogP contribution < -0.4 is 20.7 Å². The number of carbonyl (C=O) groups excluding carboxylic acids is 1. The summed E-state index contributed by atoms with van der Waals surface area (Å²) in [6.07, 6.45) is 3.59. The van der Waals surface area contributed by atoms with Crippen LogP contribution in [0.15, 0.2) is 29.3 Å². The third kappa shape index (κ3) is 8.42. The lowest BCUT2D eigenvalue weighted by Crippen LogP contribution is -2.37. The summed E-state index contributed by atoms with van der Waals surface area (Å²) >= 11 is 0. The van der Waals surface area contributed by atoms with E-state index in [0.29, 0.717) is 32.2 Å². The van der Waals surface area contributed by atoms with Gasteiger partial charge in [-0.15, -0.1) is 24.0 Å². The molecule has 0 radical (unpaired) electrons. The van der Waals surface area contributed by atoms with E-state index in [9.17, 15) is 4.79 Å². The number of guanidine groups is 1. The van der Waals surface area contributed by atoms with E-state index in [4.69, 9.17) is 4.74 Å². The number of halogens is 1. The van der Waals surface area contributed by atoms with Gasteiger partial charge < -0.3 is 20.7 Å². The number of carbonyl (C=O) groups is 1. The standard InChI is InChI=1S/C18H28N4O2.HI/c1-3-24-16-8-5-4-7-14(16)13-21-18(19-2)20-12-6-9-17(23)22-15-10-11-15;/h4-5,7-8,15H,3,6,9-13H2,1-2H3,(H,22,23)(H2,19,20,21);1H. The van der Waals surface area contributed by atoms with Gasteiger partial charge in [0.05, 0.1) is 6.61 Å². The second kappa shape index (κ2) is 11.9. The number of benzene rings is 1. The first-order valence-electron chi connectivity index (χ1n) is 8.67. The van der Waals surface area contributed by atoms with E-state index >= 15 is 0 Å². The predicted octanol–water partition coefficient (Wildman–Crippen LogP) is 2.43. The minimum absolute atomic E-state index is 0. The Morgan fingerprint density at radius 3 is 2.72 bits per heavy atom. The number of nitrogens with one attached hydrogen (secondary N) is 3. The van der Waals surface area contributed by atoms with E-state index in [0.717, 1.165) is 36.5 Å². The number of ether oxygens (including phenoxy) is 1. The van der Waals surface area contributed by atoms with Gasteiger partial charge in [-0.25, -0.2) is 0 Å². The van der Waals surface area contributed by atoms with Crippen LogP contribution in [0.3, 0.4) is 0 Å². The molecule has 0 unspecified atom stereocenters. The first kappa shape index (κ1) is 21.5. The number of para-hydroxylation sites is 1. The van der Waals surface area contributed by atoms with Gasteiger partial charge >= 0.3 is 0 Å². The van der Waals surface area contributed by atoms with Gasteiger partial charge in [0, 0.05) is 38.2 Å². The topological polar surface area (TPSA) is 74.8 Å². The minimum atomic E-state index is 0. The van der Waals surface area contributed by atoms with Crippen molar-refractivity contribution in [2.24, 2.45) is 4.99 Å². The molecule has 3 N–H and O–H groups in total. The van der Waals surface area contributed by atoms with E-state index in [-0.39, 0.29) is 29.9 Å². The van der Waals surface area contributed by atoms with Crippen LogP contribution in [0.2, 0.25) is 0 Å². The lowest BCUT2D eigenvalue weighted by atomic mass is 10.2. The molecule has 0 heterocycles. The van der Waals surface area contributed by atoms with Crippen LogP contribution in [-0.2, 0) is 11.3 Å². The second-order valence-electron chi connectivity index (χ2n) is 5.84. The molecule has 6 nitrogen and oxygen atoms in total. The number of hydrogen-bond acceptors (Lipinski definition) is 3. The first-order chi connectivity index (χ1) is 11.7. The summed E-state index contributed by atoms with van der Waals surface area (Å²) in [5.41, 5.74) is 1.09. The van der Waals surface area contributed by atoms with Crippen molar-refractivity contribution in [1.82, 2.24) is 16.0 Å². The van der Waals surface area contributed by atoms with Crippen molar-refractivity contribution in [2.45, 2.75) is 45.2 Å². The summed E-state index contributed by atoms with van der Waals surface area (Å²) in [5.74, 6) is 1.76. The van der Waals surface area contributed by atoms with Crippen molar-refractivity contribution >= 4 is 35.8 Å². The Hall–Kier alpha value is -1.51. The Bertz CT molecular complexity index is 562. The fourth-order valence-electron chi connectivity index (χ4n) is 2.33. The number of nitrogens with zero attached hydrogens (tertiary/aromatic N) is 1. The largest absolute Gasteiger partial charge is 0.494 e. The lowest BCUT2D eigenvalue weighted by molar-refractivity contribution is -0.121. The number of rotatable bonds is 9. The van der Waals surface area contributed by atoms with Gasteiger partial charge in [0.25, 0.3) is 0 Å². The summed E-state index contributed by atoms with van der Waals surface area (Å²) in [6, 6.07) is 8.40. The van der Waals surface area contributed by atoms with Crippen LogP contribution >= 0.6 is 24.0 Å². The highest BCUT2D eigenvalue weighted by molar-refractivity contribution is 14.0. The Balaban J connectivity index is 0.00000312. The average Bonchev–Trinajstić information content (AvgIpc) is 3.39. The second-order valence-corrected chi connectivity index (χ2v) is 5.84. The molecule has 1 fully saturated rings. The molecule has 1 saturated carbocycles. The highest BCUT2D eigenvalue weighted by atomic mass is 127. The molecule has 1 aromatic carbocycles. The maximum absolute atomic E-state index is 11.6. The van der Waals surface area contributed by atoms with E-state index in [1.165, 1.54) is 0 Å². The van der Waals surface area contributed by atoms with Crippen LogP contribution in [0.5, 0.6) is 5.75 Å². The normalized spacial score (nSPS) is 13.6. The summed E-state index contributed by atoms with van der Waals surface area (Å²) in [6.45, 7) is 3.97. The molecule has 1 amide bonds. The van der Waals surface area contributed by atoms with Gasteiger partial charge in [-0.05, 0) is 32.3 Å². The zero-order chi connectivity index (χ0) is 17.2. The van der Waals surface area contributed by atoms with Gasteiger partial charge in [-0.3, -0.25) is 9.79 Å². The number of aliphatic imine (C=N–C) groups is 1. The molecule has 25 heavy (non-hydrogen) atoms. The quantitative estimate of drug-likeness (QED) is 0.229. The molecule has 1 aliphatic rings. The third-order valence-corrected chi connectivity index (χ3v) is 3.76. The van der Waals surface area contributed by atoms with Gasteiger partial charge in [-0.1, -0.05) is 18.2 Å². The molecule has 0 saturated heterocycles. The summed E-state index contributed by atoms with van der Waals surface area (Å²) in [5, 5.41) is 9.50. The number of hydrogen-bond donors (Lipinski definition) is 3. The summed E-state index contributed by atoms with van der Waals surface area (Å²) < 4.78 is 5.62. The highest BCUT2D eigenvalue weighted by Crippen LogP contribution is 2.18. The van der Waals surface area contributed by atoms with Gasteiger partial charge in [0.15, 0.2) is 5.96 Å². The van der Waals surface area contributed by atoms with Gasteiger partial charge in [0.1, 0.15) is 5.75 Å². The fourth-order valence-corrected chi connectivity index (χ4v) is 2.33. The van der Waals surface area contributed by atoms with E-state index < -0.39 is 0 Å². The number of amides is 1. The minimum Gasteiger partial charge on any atom is -0.494 e. The van der Waals surface area contributed by atoms with E-state index in [1.54, 1.807) is 7.05 Å². The molecule has 1 aliphatic carbocycles. The monoisotopic (exact) mass is 460 g/mol. The molecule has 0 aromatic heterocycles. The van der Waals surface area contributed by atoms with Crippen molar-refractivity contribution in [3.63, 3.8) is 0 Å². The lowest BCUT2D eigenvalue weighted by Gasteiger charge is -2.14. The van der Waals surface area contributed by atoms with Crippen LogP contribution in [0.25, 0.3) is 0 Å². The Morgan fingerprint density at radius 1 is 1.28 bits per heavy atom. The van der Waals surface area contributed by atoms with Crippen molar-refractivity contribution in [3.05, 3.63) is 29.8 Å². The van der Waals surface area contributed by atoms with Crippen LogP contribution in [0.1, 0.15) is 38.2 Å². The maximum Gasteiger partial charge on any atom is 0.220 e. The molecule has 0 atom stereocenters. The fraction of sp³-hybridized carbons (Fsp3) is 0.556. The third-order valence-electron chi connectivity index (χ3n) is 3.76. The maximum atomic E-state index is 11.6. The van der Waals surface area contributed by atoms with Crippen LogP contribution in [0, 0.1) is 0 Å². The van der Waals surface area contributed by atoms with Crippen molar-refractivity contribution < 1.29 is 9.53 Å². The predicted molar refractivity (Wildman–Crippen MR) is 112 cm³/mol. The Kier molecular flexibility index (Phi) is 10.3. The van der Waals surface area contributed by atoms with Gasteiger partial charge in [0.2, 0.25) is 5.91 Å². The van der Waals surface area contributed by atoms with Gasteiger partial charge in [-0.2, -0.15) is 0 Å². The molecule has 1 aromatic rings. The molecule has 0 bridgehead atoms. The molecule has 7 heteroatoms. The molecular weight excluding hydrogens is 431 g/mol. The smallest absolute Gasteiger partial charge is 0.220 e. The zero-order valence-electron chi connectivity index (χ0n) is 15.0. The first-order valence-corrected chi connectivity index (χ1v) is 8.67. The summed E-state index contributed by atoms with van der Waals surface area (Å²) in [7, 11) is 1.74. The highest BCUT2D eigenvalue weighted by Gasteiger charge is 2.22. The van der Waals surface area contributed by atoms with E-state index in [2.05, 4.69) is 20.9 Å². The summed E-state index contributed by atoms with van der Waals surface area (Å²) in [4.78, 5) is 15.8. The van der Waals surface area contributed by atoms with Crippen molar-refractivity contribution in [1.29, 1.82) is 0 Å². The molecule has 0 spiro atoms. The van der Waals surface area contributed by atoms with Crippen LogP contribution in [-0.4, -0.2) is 38.1 Å². The molecule has 0 aliphatic heterocycles. The van der Waals surface area contributed by atoms with Crippen molar-refractivity contribution in [3.8, 4) is 5.75 Å². The molecular formula is C18H29IN4O2. The SMILES string of the molecule is CCOc1ccccc1CNC(=NC)NCCCC(=O)NC1CC1.I. The van der Waals surface area contributed by atoms with E-state index in [1.807, 2.05) is 31.2 Å². The molecule has 2 rings (SSSR count). The van der Waals surface area contributed by atoms with Crippen LogP contribution in [0.4, 0.5) is 0 Å². The zero-order valence-corrected chi connectivity index (χ0v) is 17.3. The van der Waals surface area contributed by atoms with Crippen molar-refractivity contribution in [2.75, 3.05) is 20.2 Å². The Labute approximate surface area is 167 Å². The Morgan fingerprint density at radius 2 is 2.04 bits per heavy atom.